The Balaban J connectivity index is 1.54. The topological polar surface area (TPSA) is 62.7 Å². The Kier molecular flexibility index (Phi) is 10.8. The van der Waals surface area contributed by atoms with Crippen LogP contribution in [-0.2, 0) is 11.2 Å². The first-order chi connectivity index (χ1) is 16.1. The Hall–Kier alpha value is -1.79. The molecule has 1 aliphatic rings. The number of carboxylic acid groups (broad SMARTS) is 1. The van der Waals surface area contributed by atoms with Gasteiger partial charge in [0.05, 0.1) is 12.6 Å². The molecular formula is C27H40N2O3S. The van der Waals surface area contributed by atoms with Gasteiger partial charge in [-0.1, -0.05) is 6.92 Å². The molecule has 1 saturated heterocycles. The summed E-state index contributed by atoms with van der Waals surface area (Å²) in [6, 6.07) is 8.20. The summed E-state index contributed by atoms with van der Waals surface area (Å²) in [6.07, 6.45) is 9.97. The average Bonchev–Trinajstić information content (AvgIpc) is 2.83. The van der Waals surface area contributed by atoms with Crippen LogP contribution in [0.25, 0.3) is 10.9 Å². The van der Waals surface area contributed by atoms with Crippen LogP contribution in [0.3, 0.4) is 0 Å². The van der Waals surface area contributed by atoms with Gasteiger partial charge in [0.15, 0.2) is 0 Å². The summed E-state index contributed by atoms with van der Waals surface area (Å²) >= 11 is 2.05. The van der Waals surface area contributed by atoms with Crippen molar-refractivity contribution < 1.29 is 14.6 Å². The molecule has 0 saturated carbocycles. The predicted octanol–water partition coefficient (Wildman–Crippen LogP) is 5.90. The molecule has 0 aliphatic carbocycles. The molecule has 1 aromatic heterocycles. The molecule has 1 N–H and O–H groups in total. The van der Waals surface area contributed by atoms with Crippen LogP contribution in [0.4, 0.5) is 0 Å². The molecule has 2 atom stereocenters. The number of thioether (sulfide) groups is 1. The molecule has 182 valence electrons. The van der Waals surface area contributed by atoms with Crippen molar-refractivity contribution in [1.29, 1.82) is 0 Å². The summed E-state index contributed by atoms with van der Waals surface area (Å²) in [5, 5.41) is 10.4. The van der Waals surface area contributed by atoms with E-state index in [9.17, 15) is 9.90 Å². The molecule has 0 radical (unpaired) electrons. The number of carboxylic acids is 1. The van der Waals surface area contributed by atoms with Crippen molar-refractivity contribution in [3.8, 4) is 5.75 Å². The van der Waals surface area contributed by atoms with Crippen LogP contribution in [0.1, 0.15) is 57.4 Å². The van der Waals surface area contributed by atoms with Crippen molar-refractivity contribution in [3.63, 3.8) is 0 Å². The van der Waals surface area contributed by atoms with Crippen molar-refractivity contribution in [2.45, 2.75) is 58.3 Å². The van der Waals surface area contributed by atoms with Crippen LogP contribution < -0.4 is 4.74 Å². The van der Waals surface area contributed by atoms with E-state index in [1.807, 2.05) is 18.3 Å². The van der Waals surface area contributed by atoms with Crippen LogP contribution in [-0.4, -0.2) is 59.2 Å². The third-order valence-electron chi connectivity index (χ3n) is 6.88. The van der Waals surface area contributed by atoms with Gasteiger partial charge in [-0.2, -0.15) is 11.8 Å². The first-order valence-corrected chi connectivity index (χ1v) is 13.7. The van der Waals surface area contributed by atoms with Crippen molar-refractivity contribution in [1.82, 2.24) is 9.88 Å². The number of aromatic nitrogens is 1. The molecule has 0 spiro atoms. The fourth-order valence-corrected chi connectivity index (χ4v) is 5.92. The summed E-state index contributed by atoms with van der Waals surface area (Å²) in [5.41, 5.74) is 2.33. The Morgan fingerprint density at radius 1 is 1.21 bits per heavy atom. The number of pyridine rings is 1. The van der Waals surface area contributed by atoms with E-state index >= 15 is 0 Å². The maximum Gasteiger partial charge on any atom is 0.303 e. The van der Waals surface area contributed by atoms with E-state index in [-0.39, 0.29) is 6.42 Å². The van der Waals surface area contributed by atoms with Gasteiger partial charge in [-0.15, -0.1) is 0 Å². The van der Waals surface area contributed by atoms with E-state index in [1.165, 1.54) is 41.7 Å². The molecule has 1 aromatic carbocycles. The van der Waals surface area contributed by atoms with E-state index in [2.05, 4.69) is 40.7 Å². The monoisotopic (exact) mass is 472 g/mol. The van der Waals surface area contributed by atoms with Crippen molar-refractivity contribution in [2.24, 2.45) is 11.8 Å². The number of hydrogen-bond donors (Lipinski definition) is 1. The maximum absolute atomic E-state index is 11.2. The largest absolute Gasteiger partial charge is 0.497 e. The number of aliphatic carboxylic acids is 1. The standard InChI is InChI=1S/C27H40N2O3S/c1-3-17-33-18-5-15-29-16-13-21(23(20-29)8-11-27(30)31)6-4-7-22-12-14-28-26-10-9-24(32-2)19-25(22)26/h9-10,12,14,19,21,23H,3-8,11,13,15-18,20H2,1-2H3,(H,30,31). The number of piperidine rings is 1. The number of likely N-dealkylation sites (tertiary alicyclic amines) is 1. The molecule has 2 heterocycles. The van der Waals surface area contributed by atoms with Gasteiger partial charge in [0.2, 0.25) is 0 Å². The van der Waals surface area contributed by atoms with Crippen LogP contribution in [0.2, 0.25) is 0 Å². The van der Waals surface area contributed by atoms with Crippen LogP contribution in [0.15, 0.2) is 30.5 Å². The molecule has 2 aromatic rings. The van der Waals surface area contributed by atoms with E-state index in [0.717, 1.165) is 56.6 Å². The van der Waals surface area contributed by atoms with Gasteiger partial charge in [0, 0.05) is 24.5 Å². The first kappa shape index (κ1) is 25.8. The van der Waals surface area contributed by atoms with E-state index < -0.39 is 5.97 Å². The average molecular weight is 473 g/mol. The van der Waals surface area contributed by atoms with Gasteiger partial charge < -0.3 is 14.7 Å². The highest BCUT2D eigenvalue weighted by atomic mass is 32.2. The smallest absolute Gasteiger partial charge is 0.303 e. The minimum absolute atomic E-state index is 0.288. The number of ether oxygens (including phenoxy) is 1. The SMILES string of the molecule is CCCSCCCN1CCC(CCCc2ccnc3ccc(OC)cc23)C(CCC(=O)O)C1. The van der Waals surface area contributed by atoms with Crippen LogP contribution in [0, 0.1) is 11.8 Å². The molecule has 5 nitrogen and oxygen atoms in total. The lowest BCUT2D eigenvalue weighted by Crippen LogP contribution is -2.41. The second-order valence-corrected chi connectivity index (χ2v) is 10.5. The fraction of sp³-hybridized carbons (Fsp3) is 0.630. The van der Waals surface area contributed by atoms with E-state index in [1.54, 1.807) is 7.11 Å². The minimum Gasteiger partial charge on any atom is -0.497 e. The number of carbonyl (C=O) groups is 1. The number of hydrogen-bond acceptors (Lipinski definition) is 5. The zero-order valence-electron chi connectivity index (χ0n) is 20.3. The van der Waals surface area contributed by atoms with Gasteiger partial charge in [-0.25, -0.2) is 0 Å². The number of methoxy groups -OCH3 is 1. The lowest BCUT2D eigenvalue weighted by atomic mass is 9.79. The molecule has 2 unspecified atom stereocenters. The van der Waals surface area contributed by atoms with Crippen molar-refractivity contribution in [2.75, 3.05) is 38.2 Å². The van der Waals surface area contributed by atoms with Gasteiger partial charge in [-0.3, -0.25) is 9.78 Å². The van der Waals surface area contributed by atoms with Gasteiger partial charge >= 0.3 is 5.97 Å². The van der Waals surface area contributed by atoms with Crippen molar-refractivity contribution >= 4 is 28.6 Å². The fourth-order valence-electron chi connectivity index (χ4n) is 5.09. The van der Waals surface area contributed by atoms with Crippen LogP contribution >= 0.6 is 11.8 Å². The Bertz CT molecular complexity index is 876. The number of nitrogens with zero attached hydrogens (tertiary/aromatic N) is 2. The van der Waals surface area contributed by atoms with E-state index in [4.69, 9.17) is 4.74 Å². The van der Waals surface area contributed by atoms with Gasteiger partial charge in [0.25, 0.3) is 0 Å². The molecule has 6 heteroatoms. The highest BCUT2D eigenvalue weighted by Crippen LogP contribution is 2.32. The summed E-state index contributed by atoms with van der Waals surface area (Å²) in [6.45, 7) is 5.60. The summed E-state index contributed by atoms with van der Waals surface area (Å²) < 4.78 is 5.41. The lowest BCUT2D eigenvalue weighted by molar-refractivity contribution is -0.137. The lowest BCUT2D eigenvalue weighted by Gasteiger charge is -2.39. The molecule has 0 amide bonds. The first-order valence-electron chi connectivity index (χ1n) is 12.5. The second kappa shape index (κ2) is 13.8. The highest BCUT2D eigenvalue weighted by Gasteiger charge is 2.29. The molecule has 0 bridgehead atoms. The Morgan fingerprint density at radius 2 is 2.09 bits per heavy atom. The number of benzene rings is 1. The quantitative estimate of drug-likeness (QED) is 0.345. The molecule has 33 heavy (non-hydrogen) atoms. The maximum atomic E-state index is 11.2. The number of rotatable bonds is 14. The number of fused-ring (bicyclic) bond motifs is 1. The van der Waals surface area contributed by atoms with Crippen LogP contribution in [0.5, 0.6) is 5.75 Å². The molecular weight excluding hydrogens is 432 g/mol. The zero-order valence-corrected chi connectivity index (χ0v) is 21.1. The van der Waals surface area contributed by atoms with E-state index in [0.29, 0.717) is 11.8 Å². The minimum atomic E-state index is -0.668. The third-order valence-corrected chi connectivity index (χ3v) is 8.15. The zero-order chi connectivity index (χ0) is 23.5. The summed E-state index contributed by atoms with van der Waals surface area (Å²) in [5.74, 6) is 3.80. The second-order valence-electron chi connectivity index (χ2n) is 9.25. The highest BCUT2D eigenvalue weighted by molar-refractivity contribution is 7.99. The predicted molar refractivity (Wildman–Crippen MR) is 138 cm³/mol. The third kappa shape index (κ3) is 8.18. The molecule has 3 rings (SSSR count). The Labute approximate surface area is 203 Å². The summed E-state index contributed by atoms with van der Waals surface area (Å²) in [7, 11) is 1.70. The molecule has 1 fully saturated rings. The summed E-state index contributed by atoms with van der Waals surface area (Å²) in [4.78, 5) is 18.3. The van der Waals surface area contributed by atoms with Gasteiger partial charge in [0.1, 0.15) is 5.75 Å². The number of aryl methyl sites for hydroxylation is 1. The van der Waals surface area contributed by atoms with Gasteiger partial charge in [-0.05, 0) is 111 Å². The van der Waals surface area contributed by atoms with Crippen molar-refractivity contribution in [3.05, 3.63) is 36.0 Å². The normalized spacial score (nSPS) is 19.1. The Morgan fingerprint density at radius 3 is 2.88 bits per heavy atom. The molecule has 1 aliphatic heterocycles.